The highest BCUT2D eigenvalue weighted by Crippen LogP contribution is 2.63. The first-order valence-electron chi connectivity index (χ1n) is 11.8. The minimum atomic E-state index is -3.99. The lowest BCUT2D eigenvalue weighted by Crippen LogP contribution is -2.64. The van der Waals surface area contributed by atoms with Crippen LogP contribution in [0.4, 0.5) is 0 Å². The molecule has 7 heteroatoms. The maximum Gasteiger partial charge on any atom is 0.240 e. The lowest BCUT2D eigenvalue weighted by molar-refractivity contribution is -0.167. The molecule has 0 aliphatic heterocycles. The lowest BCUT2D eigenvalue weighted by Gasteiger charge is -2.61. The number of rotatable bonds is 8. The van der Waals surface area contributed by atoms with Crippen LogP contribution in [-0.4, -0.2) is 30.3 Å². The molecule has 4 fully saturated rings. The second-order valence-electron chi connectivity index (χ2n) is 10.5. The third-order valence-electron chi connectivity index (χ3n) is 7.81. The normalized spacial score (nSPS) is 31.3. The maximum atomic E-state index is 13.7. The van der Waals surface area contributed by atoms with Crippen LogP contribution < -0.4 is 10.0 Å². The average molecular weight is 469 g/mol. The number of carbonyl (C=O) groups excluding carboxylic acids is 1. The Bertz CT molecular complexity index is 1090. The summed E-state index contributed by atoms with van der Waals surface area (Å²) in [6, 6.07) is 18.8. The Morgan fingerprint density at radius 3 is 2.00 bits per heavy atom. The Hall–Kier alpha value is -2.22. The fourth-order valence-electron chi connectivity index (χ4n) is 7.08. The summed E-state index contributed by atoms with van der Waals surface area (Å²) in [5.74, 6) is 0.0972. The monoisotopic (exact) mass is 468 g/mol. The van der Waals surface area contributed by atoms with Crippen LogP contribution in [0.25, 0.3) is 0 Å². The van der Waals surface area contributed by atoms with E-state index in [1.54, 1.807) is 0 Å². The number of amides is 1. The molecule has 1 amide bonds. The van der Waals surface area contributed by atoms with Gasteiger partial charge >= 0.3 is 0 Å². The standard InChI is InChI=1S/C26H32N2O4S/c29-24(27-16-19-7-3-1-4-8-19)23(33(31,32)28-17-20-9-5-2-6-10-20)25-12-21-11-22(13-25)15-26(30,14-21)18-25/h1-10,21-23,28,30H,11-18H2,(H,27,29)/t21-,22+,23?,25?,26?. The minimum absolute atomic E-state index is 0.138. The molecule has 4 aliphatic carbocycles. The topological polar surface area (TPSA) is 95.5 Å². The molecule has 6 rings (SSSR count). The molecule has 3 N–H and O–H groups in total. The van der Waals surface area contributed by atoms with Gasteiger partial charge in [0, 0.05) is 18.5 Å². The van der Waals surface area contributed by atoms with E-state index in [1.165, 1.54) is 0 Å². The van der Waals surface area contributed by atoms with Gasteiger partial charge in [-0.2, -0.15) is 0 Å². The number of sulfonamides is 1. The Labute approximate surface area is 195 Å². The molecule has 2 aromatic carbocycles. The molecule has 0 radical (unpaired) electrons. The summed E-state index contributed by atoms with van der Waals surface area (Å²) in [6.45, 7) is 0.413. The minimum Gasteiger partial charge on any atom is -0.390 e. The zero-order valence-corrected chi connectivity index (χ0v) is 19.6. The molecule has 4 saturated carbocycles. The molecule has 176 valence electrons. The van der Waals surface area contributed by atoms with E-state index in [4.69, 9.17) is 0 Å². The summed E-state index contributed by atoms with van der Waals surface area (Å²) in [5.41, 5.74) is 0.177. The predicted molar refractivity (Wildman–Crippen MR) is 126 cm³/mol. The van der Waals surface area contributed by atoms with Gasteiger partial charge < -0.3 is 10.4 Å². The smallest absolute Gasteiger partial charge is 0.240 e. The molecule has 4 aliphatic rings. The van der Waals surface area contributed by atoms with Crippen LogP contribution in [0.1, 0.15) is 49.7 Å². The van der Waals surface area contributed by atoms with Crippen LogP contribution in [-0.2, 0) is 27.9 Å². The third-order valence-corrected chi connectivity index (χ3v) is 9.69. The quantitative estimate of drug-likeness (QED) is 0.555. The number of hydrogen-bond donors (Lipinski definition) is 3. The Morgan fingerprint density at radius 1 is 0.909 bits per heavy atom. The van der Waals surface area contributed by atoms with E-state index in [-0.39, 0.29) is 24.9 Å². The molecule has 4 bridgehead atoms. The molecule has 33 heavy (non-hydrogen) atoms. The van der Waals surface area contributed by atoms with Gasteiger partial charge in [-0.1, -0.05) is 60.7 Å². The van der Waals surface area contributed by atoms with Crippen molar-refractivity contribution in [3.05, 3.63) is 71.8 Å². The van der Waals surface area contributed by atoms with Crippen molar-refractivity contribution >= 4 is 15.9 Å². The summed E-state index contributed by atoms with van der Waals surface area (Å²) in [7, 11) is -3.99. The van der Waals surface area contributed by atoms with Crippen molar-refractivity contribution in [2.45, 2.75) is 62.5 Å². The van der Waals surface area contributed by atoms with Crippen LogP contribution in [0.3, 0.4) is 0 Å². The third kappa shape index (κ3) is 4.59. The van der Waals surface area contributed by atoms with Gasteiger partial charge in [-0.25, -0.2) is 13.1 Å². The summed E-state index contributed by atoms with van der Waals surface area (Å²) in [6.07, 6.45) is 4.22. The zero-order valence-electron chi connectivity index (χ0n) is 18.7. The van der Waals surface area contributed by atoms with Crippen molar-refractivity contribution in [1.82, 2.24) is 10.0 Å². The highest BCUT2D eigenvalue weighted by Gasteiger charge is 2.63. The SMILES string of the molecule is O=C(NCc1ccccc1)C(C12C[C@@H]3C[C@@H](CC(O)(C3)C1)C2)S(=O)(=O)NCc1ccccc1. The van der Waals surface area contributed by atoms with Gasteiger partial charge in [0.1, 0.15) is 0 Å². The zero-order chi connectivity index (χ0) is 23.1. The lowest BCUT2D eigenvalue weighted by atomic mass is 9.47. The first-order chi connectivity index (χ1) is 15.8. The van der Waals surface area contributed by atoms with Crippen molar-refractivity contribution in [2.24, 2.45) is 17.3 Å². The number of hydrogen-bond acceptors (Lipinski definition) is 4. The molecule has 0 saturated heterocycles. The van der Waals surface area contributed by atoms with Gasteiger partial charge in [-0.15, -0.1) is 0 Å². The maximum absolute atomic E-state index is 13.7. The van der Waals surface area contributed by atoms with E-state index in [9.17, 15) is 18.3 Å². The van der Waals surface area contributed by atoms with Gasteiger partial charge in [0.25, 0.3) is 0 Å². The second-order valence-corrected chi connectivity index (χ2v) is 12.3. The van der Waals surface area contributed by atoms with Crippen molar-refractivity contribution in [3.63, 3.8) is 0 Å². The molecule has 3 unspecified atom stereocenters. The Kier molecular flexibility index (Phi) is 5.83. The first-order valence-corrected chi connectivity index (χ1v) is 13.4. The molecule has 0 heterocycles. The molecule has 2 aromatic rings. The Balaban J connectivity index is 1.43. The van der Waals surface area contributed by atoms with E-state index in [1.807, 2.05) is 60.7 Å². The number of aliphatic hydroxyl groups is 1. The molecule has 0 aromatic heterocycles. The van der Waals surface area contributed by atoms with Crippen molar-refractivity contribution in [2.75, 3.05) is 0 Å². The predicted octanol–water partition coefficient (Wildman–Crippen LogP) is 3.12. The largest absolute Gasteiger partial charge is 0.390 e. The number of benzene rings is 2. The van der Waals surface area contributed by atoms with E-state index in [0.717, 1.165) is 30.4 Å². The molecular weight excluding hydrogens is 436 g/mol. The summed E-state index contributed by atoms with van der Waals surface area (Å²) in [4.78, 5) is 13.6. The van der Waals surface area contributed by atoms with Gasteiger partial charge in [-0.3, -0.25) is 4.79 Å². The van der Waals surface area contributed by atoms with Gasteiger partial charge in [0.05, 0.1) is 5.60 Å². The van der Waals surface area contributed by atoms with Crippen molar-refractivity contribution in [3.8, 4) is 0 Å². The highest BCUT2D eigenvalue weighted by atomic mass is 32.2. The summed E-state index contributed by atoms with van der Waals surface area (Å²) >= 11 is 0. The van der Waals surface area contributed by atoms with Crippen molar-refractivity contribution in [1.29, 1.82) is 0 Å². The van der Waals surface area contributed by atoms with Crippen LogP contribution >= 0.6 is 0 Å². The van der Waals surface area contributed by atoms with Crippen LogP contribution in [0.5, 0.6) is 0 Å². The molecule has 0 spiro atoms. The van der Waals surface area contributed by atoms with Crippen LogP contribution in [0.15, 0.2) is 60.7 Å². The second kappa shape index (κ2) is 8.53. The average Bonchev–Trinajstić information content (AvgIpc) is 2.76. The van der Waals surface area contributed by atoms with Crippen LogP contribution in [0.2, 0.25) is 0 Å². The van der Waals surface area contributed by atoms with Gasteiger partial charge in [0.2, 0.25) is 15.9 Å². The van der Waals surface area contributed by atoms with E-state index < -0.39 is 32.2 Å². The summed E-state index contributed by atoms with van der Waals surface area (Å²) in [5, 5.41) is 12.9. The van der Waals surface area contributed by atoms with Crippen molar-refractivity contribution < 1.29 is 18.3 Å². The number of nitrogens with one attached hydrogen (secondary N) is 2. The first kappa shape index (κ1) is 22.6. The van der Waals surface area contributed by atoms with Crippen LogP contribution in [0, 0.1) is 17.3 Å². The molecule has 6 nitrogen and oxygen atoms in total. The summed E-state index contributed by atoms with van der Waals surface area (Å²) < 4.78 is 30.2. The molecule has 5 atom stereocenters. The molecular formula is C26H32N2O4S. The fraction of sp³-hybridized carbons (Fsp3) is 0.500. The Morgan fingerprint density at radius 2 is 1.45 bits per heavy atom. The highest BCUT2D eigenvalue weighted by molar-refractivity contribution is 7.90. The van der Waals surface area contributed by atoms with E-state index in [2.05, 4.69) is 10.0 Å². The van der Waals surface area contributed by atoms with E-state index in [0.29, 0.717) is 19.3 Å². The van der Waals surface area contributed by atoms with E-state index >= 15 is 0 Å². The fourth-order valence-corrected chi connectivity index (χ4v) is 8.91. The van der Waals surface area contributed by atoms with Gasteiger partial charge in [0.15, 0.2) is 5.25 Å². The number of carbonyl (C=O) groups is 1. The van der Waals surface area contributed by atoms with Gasteiger partial charge in [-0.05, 0) is 61.5 Å².